The molecule has 25 heavy (non-hydrogen) atoms. The van der Waals surface area contributed by atoms with Crippen LogP contribution in [0.1, 0.15) is 80.1 Å². The smallest absolute Gasteiger partial charge is 0.411 e. The standard InChI is InChI=1S/C19H34N2O4/c1-17(2,3)24-15(22)20-14-19(10-8-7-9-11-19)12-13-21(14)16(23)25-18(4,5)6/h14H,7-13H2,1-6H3,(H,20,22). The fourth-order valence-corrected chi connectivity index (χ4v) is 3.89. The van der Waals surface area contributed by atoms with Crippen molar-refractivity contribution in [1.29, 1.82) is 0 Å². The van der Waals surface area contributed by atoms with Crippen molar-refractivity contribution in [2.75, 3.05) is 6.54 Å². The number of amides is 2. The van der Waals surface area contributed by atoms with E-state index in [1.165, 1.54) is 6.42 Å². The van der Waals surface area contributed by atoms with Gasteiger partial charge in [0.05, 0.1) is 0 Å². The summed E-state index contributed by atoms with van der Waals surface area (Å²) < 4.78 is 11.0. The third-order valence-corrected chi connectivity index (χ3v) is 4.87. The minimum absolute atomic E-state index is 0.0634. The lowest BCUT2D eigenvalue weighted by molar-refractivity contribution is 0.000871. The molecule has 1 saturated carbocycles. The van der Waals surface area contributed by atoms with Gasteiger partial charge in [-0.05, 0) is 60.8 Å². The van der Waals surface area contributed by atoms with Crippen molar-refractivity contribution in [2.24, 2.45) is 5.41 Å². The van der Waals surface area contributed by atoms with Crippen molar-refractivity contribution in [2.45, 2.75) is 97.4 Å². The number of carbonyl (C=O) groups excluding carboxylic acids is 2. The van der Waals surface area contributed by atoms with Crippen LogP contribution in [0.3, 0.4) is 0 Å². The molecule has 1 spiro atoms. The molecular formula is C19H34N2O4. The van der Waals surface area contributed by atoms with E-state index < -0.39 is 17.3 Å². The molecule has 2 aliphatic rings. The van der Waals surface area contributed by atoms with Crippen LogP contribution in [0.25, 0.3) is 0 Å². The fraction of sp³-hybridized carbons (Fsp3) is 0.895. The Kier molecular flexibility index (Phi) is 5.59. The molecule has 1 aliphatic carbocycles. The van der Waals surface area contributed by atoms with Gasteiger partial charge in [-0.15, -0.1) is 0 Å². The molecule has 2 amide bonds. The molecule has 6 nitrogen and oxygen atoms in total. The molecule has 0 radical (unpaired) electrons. The Morgan fingerprint density at radius 3 is 2.00 bits per heavy atom. The molecule has 0 bridgehead atoms. The quantitative estimate of drug-likeness (QED) is 0.756. The molecule has 0 aromatic heterocycles. The van der Waals surface area contributed by atoms with E-state index in [1.807, 2.05) is 41.5 Å². The van der Waals surface area contributed by atoms with E-state index in [9.17, 15) is 9.59 Å². The van der Waals surface area contributed by atoms with Gasteiger partial charge >= 0.3 is 12.2 Å². The monoisotopic (exact) mass is 354 g/mol. The second kappa shape index (κ2) is 7.04. The number of likely N-dealkylation sites (tertiary alicyclic amines) is 1. The third kappa shape index (κ3) is 5.25. The molecule has 1 heterocycles. The van der Waals surface area contributed by atoms with Crippen molar-refractivity contribution in [3.05, 3.63) is 0 Å². The van der Waals surface area contributed by atoms with Gasteiger partial charge in [-0.1, -0.05) is 19.3 Å². The van der Waals surface area contributed by atoms with Crippen LogP contribution in [0, 0.1) is 5.41 Å². The minimum Gasteiger partial charge on any atom is -0.444 e. The maximum absolute atomic E-state index is 12.7. The predicted molar refractivity (Wildman–Crippen MR) is 96.2 cm³/mol. The third-order valence-electron chi connectivity index (χ3n) is 4.87. The maximum Gasteiger partial charge on any atom is 0.411 e. The highest BCUT2D eigenvalue weighted by Crippen LogP contribution is 2.47. The lowest BCUT2D eigenvalue weighted by Gasteiger charge is -2.41. The van der Waals surface area contributed by atoms with Gasteiger partial charge in [0, 0.05) is 12.0 Å². The second-order valence-electron chi connectivity index (χ2n) is 9.40. The number of hydrogen-bond donors (Lipinski definition) is 1. The van der Waals surface area contributed by atoms with Crippen LogP contribution in [-0.2, 0) is 9.47 Å². The Morgan fingerprint density at radius 1 is 0.920 bits per heavy atom. The molecule has 144 valence electrons. The fourth-order valence-electron chi connectivity index (χ4n) is 3.89. The molecule has 1 unspecified atom stereocenters. The Hall–Kier alpha value is -1.46. The van der Waals surface area contributed by atoms with Gasteiger partial charge in [-0.3, -0.25) is 4.90 Å². The van der Waals surface area contributed by atoms with E-state index in [1.54, 1.807) is 4.90 Å². The Balaban J connectivity index is 2.18. The Labute approximate surface area is 151 Å². The average Bonchev–Trinajstić information content (AvgIpc) is 2.74. The summed E-state index contributed by atoms with van der Waals surface area (Å²) in [6.45, 7) is 11.7. The first kappa shape index (κ1) is 19.9. The topological polar surface area (TPSA) is 67.9 Å². The largest absolute Gasteiger partial charge is 0.444 e. The summed E-state index contributed by atoms with van der Waals surface area (Å²) >= 11 is 0. The SMILES string of the molecule is CC(C)(C)OC(=O)NC1N(C(=O)OC(C)(C)C)CCC12CCCCC2. The van der Waals surface area contributed by atoms with Gasteiger partial charge in [0.15, 0.2) is 0 Å². The number of alkyl carbamates (subject to hydrolysis) is 1. The zero-order valence-corrected chi connectivity index (χ0v) is 16.6. The van der Waals surface area contributed by atoms with E-state index in [0.717, 1.165) is 32.1 Å². The lowest BCUT2D eigenvalue weighted by atomic mass is 9.71. The molecule has 1 saturated heterocycles. The first-order chi connectivity index (χ1) is 11.4. The van der Waals surface area contributed by atoms with Crippen LogP contribution in [0.5, 0.6) is 0 Å². The number of nitrogens with zero attached hydrogens (tertiary/aromatic N) is 1. The highest BCUT2D eigenvalue weighted by molar-refractivity contribution is 5.72. The second-order valence-corrected chi connectivity index (χ2v) is 9.40. The minimum atomic E-state index is -0.570. The summed E-state index contributed by atoms with van der Waals surface area (Å²) in [7, 11) is 0. The summed E-state index contributed by atoms with van der Waals surface area (Å²) in [5.74, 6) is 0. The van der Waals surface area contributed by atoms with E-state index in [0.29, 0.717) is 6.54 Å². The maximum atomic E-state index is 12.7. The van der Waals surface area contributed by atoms with Crippen LogP contribution in [0.4, 0.5) is 9.59 Å². The Morgan fingerprint density at radius 2 is 1.48 bits per heavy atom. The lowest BCUT2D eigenvalue weighted by Crippen LogP contribution is -2.56. The normalized spacial score (nSPS) is 23.4. The molecule has 1 atom stereocenters. The number of carbonyl (C=O) groups is 2. The molecule has 0 aromatic rings. The molecule has 1 N–H and O–H groups in total. The van der Waals surface area contributed by atoms with E-state index in [4.69, 9.17) is 9.47 Å². The van der Waals surface area contributed by atoms with Crippen molar-refractivity contribution >= 4 is 12.2 Å². The zero-order chi connectivity index (χ0) is 18.9. The van der Waals surface area contributed by atoms with Gasteiger partial charge in [0.2, 0.25) is 0 Å². The van der Waals surface area contributed by atoms with Gasteiger partial charge in [-0.2, -0.15) is 0 Å². The highest BCUT2D eigenvalue weighted by Gasteiger charge is 2.51. The summed E-state index contributed by atoms with van der Waals surface area (Å²) in [5, 5.41) is 2.98. The summed E-state index contributed by atoms with van der Waals surface area (Å²) in [6.07, 6.45) is 5.22. The van der Waals surface area contributed by atoms with Crippen molar-refractivity contribution in [3.8, 4) is 0 Å². The number of hydrogen-bond acceptors (Lipinski definition) is 4. The van der Waals surface area contributed by atoms with Crippen LogP contribution in [0.15, 0.2) is 0 Å². The Bertz CT molecular complexity index is 499. The molecule has 6 heteroatoms. The van der Waals surface area contributed by atoms with Crippen LogP contribution in [0.2, 0.25) is 0 Å². The van der Waals surface area contributed by atoms with Crippen LogP contribution < -0.4 is 5.32 Å². The molecule has 1 aliphatic heterocycles. The predicted octanol–water partition coefficient (Wildman–Crippen LogP) is 4.43. The summed E-state index contributed by atoms with van der Waals surface area (Å²) in [5.41, 5.74) is -1.19. The zero-order valence-electron chi connectivity index (χ0n) is 16.6. The van der Waals surface area contributed by atoms with Crippen molar-refractivity contribution in [3.63, 3.8) is 0 Å². The molecule has 2 fully saturated rings. The molecular weight excluding hydrogens is 320 g/mol. The van der Waals surface area contributed by atoms with E-state index in [2.05, 4.69) is 5.32 Å². The first-order valence-corrected chi connectivity index (χ1v) is 9.41. The number of ether oxygens (including phenoxy) is 2. The molecule has 2 rings (SSSR count). The highest BCUT2D eigenvalue weighted by atomic mass is 16.6. The first-order valence-electron chi connectivity index (χ1n) is 9.41. The summed E-state index contributed by atoms with van der Waals surface area (Å²) in [6, 6.07) is 0. The number of nitrogens with one attached hydrogen (secondary N) is 1. The van der Waals surface area contributed by atoms with Crippen molar-refractivity contribution < 1.29 is 19.1 Å². The van der Waals surface area contributed by atoms with Gasteiger partial charge in [0.25, 0.3) is 0 Å². The van der Waals surface area contributed by atoms with Gasteiger partial charge in [0.1, 0.15) is 17.4 Å². The van der Waals surface area contributed by atoms with Gasteiger partial charge < -0.3 is 14.8 Å². The van der Waals surface area contributed by atoms with Gasteiger partial charge in [-0.25, -0.2) is 9.59 Å². The van der Waals surface area contributed by atoms with Crippen LogP contribution in [-0.4, -0.2) is 41.0 Å². The van der Waals surface area contributed by atoms with Crippen molar-refractivity contribution in [1.82, 2.24) is 10.2 Å². The van der Waals surface area contributed by atoms with E-state index in [-0.39, 0.29) is 17.7 Å². The van der Waals surface area contributed by atoms with Crippen LogP contribution >= 0.6 is 0 Å². The summed E-state index contributed by atoms with van der Waals surface area (Å²) in [4.78, 5) is 26.7. The number of rotatable bonds is 1. The van der Waals surface area contributed by atoms with E-state index >= 15 is 0 Å². The average molecular weight is 354 g/mol. The molecule has 0 aromatic carbocycles.